The topological polar surface area (TPSA) is 451 Å². The lowest BCUT2D eigenvalue weighted by atomic mass is 10.0. The number of hydrogen-bond acceptors (Lipinski definition) is 17. The molecule has 5 heterocycles. The Kier molecular flexibility index (Phi) is 24.8. The van der Waals surface area contributed by atoms with Crippen molar-refractivity contribution in [1.82, 2.24) is 46.2 Å². The fourth-order valence-electron chi connectivity index (χ4n) is 11.1. The van der Waals surface area contributed by atoms with Crippen LogP contribution in [-0.4, -0.2) is 227 Å². The first kappa shape index (κ1) is 65.5. The maximum Gasteiger partial charge on any atom is 0.320 e. The molecule has 0 unspecified atom stereocenters. The number of aliphatic imine (C=N–C) groups is 2. The molecule has 30 heteroatoms. The van der Waals surface area contributed by atoms with Crippen LogP contribution in [0.15, 0.2) is 51.8 Å². The summed E-state index contributed by atoms with van der Waals surface area (Å²) in [4.78, 5) is 138. The number of aliphatic carboxylic acids is 1. The Balaban J connectivity index is 1.05. The summed E-state index contributed by atoms with van der Waals surface area (Å²) in [5, 5.41) is 46.9. The van der Waals surface area contributed by atoms with Crippen molar-refractivity contribution in [3.63, 3.8) is 0 Å². The van der Waals surface area contributed by atoms with E-state index >= 15 is 0 Å². The largest absolute Gasteiger partial charge is 0.497 e. The van der Waals surface area contributed by atoms with E-state index in [0.29, 0.717) is 49.2 Å². The number of nitrogens with zero attached hydrogens (tertiary/aromatic N) is 6. The minimum Gasteiger partial charge on any atom is -0.497 e. The highest BCUT2D eigenvalue weighted by Gasteiger charge is 2.48. The van der Waals surface area contributed by atoms with Gasteiger partial charge in [-0.2, -0.15) is 0 Å². The number of guanidine groups is 2. The van der Waals surface area contributed by atoms with E-state index in [1.165, 1.54) is 38.0 Å². The van der Waals surface area contributed by atoms with Gasteiger partial charge in [0.2, 0.25) is 47.3 Å². The van der Waals surface area contributed by atoms with Crippen molar-refractivity contribution in [3.05, 3.63) is 52.2 Å². The van der Waals surface area contributed by atoms with Crippen molar-refractivity contribution < 1.29 is 63.2 Å². The summed E-state index contributed by atoms with van der Waals surface area (Å²) in [6.07, 6.45) is 2.47. The van der Waals surface area contributed by atoms with Gasteiger partial charge in [-0.3, -0.25) is 53.1 Å². The summed E-state index contributed by atoms with van der Waals surface area (Å²) < 4.78 is 5.28. The second-order valence-corrected chi connectivity index (χ2v) is 22.4. The number of carbonyl (C=O) groups is 9. The first-order valence-electron chi connectivity index (χ1n) is 28.4. The number of nitrogens with two attached hydrogens (primary N) is 5. The summed E-state index contributed by atoms with van der Waals surface area (Å²) in [6.45, 7) is -0.602. The van der Waals surface area contributed by atoms with Crippen molar-refractivity contribution >= 4 is 76.5 Å². The second-order valence-electron chi connectivity index (χ2n) is 21.4. The molecule has 4 aliphatic rings. The van der Waals surface area contributed by atoms with E-state index in [-0.39, 0.29) is 103 Å². The monoisotopic (exact) mass is 1190 g/mol. The van der Waals surface area contributed by atoms with Crippen LogP contribution in [0.25, 0.3) is 0 Å². The molecule has 0 spiro atoms. The number of β-amino-alcohol motifs (C(OH)–C–C–N with tert-alkyl or cyclic N) is 1. The van der Waals surface area contributed by atoms with Gasteiger partial charge in [-0.25, -0.2) is 0 Å². The van der Waals surface area contributed by atoms with E-state index in [9.17, 15) is 58.5 Å². The van der Waals surface area contributed by atoms with Gasteiger partial charge in [0.1, 0.15) is 48.0 Å². The lowest BCUT2D eigenvalue weighted by Crippen LogP contribution is -2.59. The molecule has 0 bridgehead atoms. The Morgan fingerprint density at radius 2 is 1.32 bits per heavy atom. The van der Waals surface area contributed by atoms with Crippen molar-refractivity contribution in [2.24, 2.45) is 38.7 Å². The predicted octanol–water partition coefficient (Wildman–Crippen LogP) is -4.48. The van der Waals surface area contributed by atoms with E-state index in [1.54, 1.807) is 29.6 Å². The molecular formula is C54H82N16O13S. The van der Waals surface area contributed by atoms with Crippen LogP contribution in [0.3, 0.4) is 0 Å². The highest BCUT2D eigenvalue weighted by atomic mass is 32.1. The van der Waals surface area contributed by atoms with Crippen LogP contribution in [0.1, 0.15) is 81.1 Å². The third kappa shape index (κ3) is 18.4. The van der Waals surface area contributed by atoms with E-state index < -0.39 is 127 Å². The number of ether oxygens (including phenoxy) is 1. The van der Waals surface area contributed by atoms with E-state index in [4.69, 9.17) is 33.4 Å². The average molecular weight is 1200 g/mol. The summed E-state index contributed by atoms with van der Waals surface area (Å²) in [7, 11) is 1.53. The zero-order valence-electron chi connectivity index (χ0n) is 47.3. The Bertz CT molecular complexity index is 2660. The quantitative estimate of drug-likeness (QED) is 0.0199. The number of amides is 8. The maximum absolute atomic E-state index is 14.3. The third-order valence-electron chi connectivity index (χ3n) is 15.3. The minimum atomic E-state index is -1.55. The molecule has 10 atom stereocenters. The van der Waals surface area contributed by atoms with Crippen LogP contribution >= 0.6 is 11.3 Å². The Hall–Kier alpha value is -7.67. The molecular weight excluding hydrogens is 1110 g/mol. The van der Waals surface area contributed by atoms with Crippen molar-refractivity contribution in [1.29, 1.82) is 0 Å². The molecule has 18 N–H and O–H groups in total. The van der Waals surface area contributed by atoms with Crippen LogP contribution in [0, 0.1) is 0 Å². The summed E-state index contributed by atoms with van der Waals surface area (Å²) in [6, 6.07) is 1.02. The molecule has 4 fully saturated rings. The van der Waals surface area contributed by atoms with E-state index in [0.717, 1.165) is 5.56 Å². The number of rotatable bonds is 30. The summed E-state index contributed by atoms with van der Waals surface area (Å²) in [5.41, 5.74) is 28.6. The highest BCUT2D eigenvalue weighted by Crippen LogP contribution is 2.30. The van der Waals surface area contributed by atoms with Crippen LogP contribution in [0.5, 0.6) is 5.75 Å². The molecule has 29 nitrogen and oxygen atoms in total. The second kappa shape index (κ2) is 31.8. The molecule has 4 saturated heterocycles. The van der Waals surface area contributed by atoms with E-state index in [2.05, 4.69) is 36.6 Å². The van der Waals surface area contributed by atoms with Crippen LogP contribution < -0.4 is 60.0 Å². The molecule has 8 amide bonds. The average Bonchev–Trinajstić information content (AvgIpc) is 4.55. The van der Waals surface area contributed by atoms with Crippen molar-refractivity contribution in [2.45, 2.75) is 144 Å². The third-order valence-corrected chi connectivity index (χ3v) is 16.2. The highest BCUT2D eigenvalue weighted by molar-refractivity contribution is 7.09. The molecule has 462 valence electrons. The fraction of sp³-hybridized carbons (Fsp3) is 0.611. The van der Waals surface area contributed by atoms with Gasteiger partial charge in [0, 0.05) is 69.6 Å². The molecule has 6 rings (SSSR count). The molecule has 4 aliphatic heterocycles. The molecule has 1 aromatic carbocycles. The molecule has 2 aromatic rings. The van der Waals surface area contributed by atoms with Gasteiger partial charge in [-0.05, 0) is 99.8 Å². The van der Waals surface area contributed by atoms with Gasteiger partial charge in [0.15, 0.2) is 11.9 Å². The van der Waals surface area contributed by atoms with Crippen LogP contribution in [-0.2, 0) is 56.0 Å². The summed E-state index contributed by atoms with van der Waals surface area (Å²) >= 11 is 1.30. The maximum atomic E-state index is 14.3. The van der Waals surface area contributed by atoms with E-state index in [1.807, 2.05) is 12.1 Å². The molecule has 0 aliphatic carbocycles. The number of carbonyl (C=O) groups excluding carboxylic acids is 8. The number of hydrogen-bond donors (Lipinski definition) is 13. The van der Waals surface area contributed by atoms with Crippen LogP contribution in [0.4, 0.5) is 0 Å². The lowest BCUT2D eigenvalue weighted by Gasteiger charge is -2.34. The standard InChI is InChI=1S/C54H82N16O13S/c1-83-34-16-14-31(15-17-34)24-32(27-62-37(52(81)82)10-3-19-61-54(58)59)64-47(76)41-12-5-20-67(41)49(78)39(30-71)66-45(74)38(26-35-8-7-23-84-35)65-44(73)28-63-46(75)40-11-4-21-68(40)51(80)43-25-33(72)29-70(43)50(79)42-13-6-22-69(42)48(77)36(55)9-2-18-60-53(56)57/h7-8,14-17,23,32-33,36-43,62,71-72H,2-6,9-13,18-22,24-30,55H2,1H3,(H,63,75)(H,64,76)(H,65,73)(H,66,74)(H,81,82)(H4,56,57,60)(H4,58,59,61)/t32-,33+,36-,37-,38-,39-,40-,41-,42-,43-/m0/s1. The Morgan fingerprint density at radius 1 is 0.714 bits per heavy atom. The fourth-order valence-corrected chi connectivity index (χ4v) is 11.8. The Morgan fingerprint density at radius 3 is 1.93 bits per heavy atom. The zero-order valence-corrected chi connectivity index (χ0v) is 48.1. The number of nitrogens with one attached hydrogen (secondary N) is 5. The number of carboxylic acid groups (broad SMARTS) is 1. The summed E-state index contributed by atoms with van der Waals surface area (Å²) in [5.74, 6) is -5.83. The number of carboxylic acids is 1. The smallest absolute Gasteiger partial charge is 0.320 e. The lowest BCUT2D eigenvalue weighted by molar-refractivity contribution is -0.150. The van der Waals surface area contributed by atoms with Gasteiger partial charge < -0.3 is 94.9 Å². The first-order chi connectivity index (χ1) is 40.2. The number of aliphatic hydroxyl groups excluding tert-OH is 2. The predicted molar refractivity (Wildman–Crippen MR) is 308 cm³/mol. The Labute approximate surface area is 490 Å². The SMILES string of the molecule is COc1ccc(C[C@@H](CN[C@@H](CCCN=C(N)N)C(=O)O)NC(=O)[C@@H]2CCCN2C(=O)[C@H](CO)NC(=O)[C@H](Cc2cccs2)NC(=O)CNC(=O)[C@@H]2CCCN2C(=O)[C@@H]2C[C@@H](O)CN2C(=O)[C@@H]2CCCN2C(=O)[C@@H](N)CCCN=C(N)N)cc1. The number of benzene rings is 1. The van der Waals surface area contributed by atoms with Crippen LogP contribution in [0.2, 0.25) is 0 Å². The van der Waals surface area contributed by atoms with Gasteiger partial charge in [-0.15, -0.1) is 11.3 Å². The van der Waals surface area contributed by atoms with Gasteiger partial charge in [0.25, 0.3) is 0 Å². The minimum absolute atomic E-state index is 0.0238. The molecule has 0 saturated carbocycles. The molecule has 0 radical (unpaired) electrons. The number of thiophene rings is 1. The van der Waals surface area contributed by atoms with Gasteiger partial charge in [-0.1, -0.05) is 18.2 Å². The van der Waals surface area contributed by atoms with Crippen molar-refractivity contribution in [3.8, 4) is 5.75 Å². The number of likely N-dealkylation sites (tertiary alicyclic amines) is 4. The molecule has 84 heavy (non-hydrogen) atoms. The van der Waals surface area contributed by atoms with Gasteiger partial charge in [0.05, 0.1) is 32.4 Å². The zero-order chi connectivity index (χ0) is 61.0. The normalized spacial score (nSPS) is 21.1. The van der Waals surface area contributed by atoms with Crippen molar-refractivity contribution in [2.75, 3.05) is 66.1 Å². The first-order valence-corrected chi connectivity index (χ1v) is 29.2. The number of methoxy groups -OCH3 is 1. The number of aliphatic hydroxyl groups is 2. The van der Waals surface area contributed by atoms with Gasteiger partial charge >= 0.3 is 5.97 Å². The molecule has 1 aromatic heterocycles.